The Bertz CT molecular complexity index is 850. The van der Waals surface area contributed by atoms with Crippen LogP contribution in [0.1, 0.15) is 6.92 Å². The zero-order valence-corrected chi connectivity index (χ0v) is 17.1. The number of benzene rings is 2. The largest absolute Gasteiger partial charge is 0.321 e. The monoisotopic (exact) mass is 418 g/mol. The summed E-state index contributed by atoms with van der Waals surface area (Å²) in [4.78, 5) is 29.0. The first-order valence-corrected chi connectivity index (χ1v) is 10.2. The molecule has 1 fully saturated rings. The first kappa shape index (κ1) is 21.9. The fourth-order valence-electron chi connectivity index (χ4n) is 3.71. The number of hydrogen-bond acceptors (Lipinski definition) is 2. The Kier molecular flexibility index (Phi) is 7.48. The van der Waals surface area contributed by atoms with E-state index >= 15 is 0 Å². The van der Waals surface area contributed by atoms with E-state index in [9.17, 15) is 18.4 Å². The van der Waals surface area contributed by atoms with Crippen LogP contribution in [0.3, 0.4) is 0 Å². The van der Waals surface area contributed by atoms with Crippen LogP contribution < -0.4 is 20.0 Å². The summed E-state index contributed by atoms with van der Waals surface area (Å²) in [5, 5.41) is 2.78. The summed E-state index contributed by atoms with van der Waals surface area (Å²) >= 11 is 0. The van der Waals surface area contributed by atoms with Crippen LogP contribution in [0.5, 0.6) is 0 Å². The van der Waals surface area contributed by atoms with Gasteiger partial charge in [-0.2, -0.15) is 0 Å². The quantitative estimate of drug-likeness (QED) is 0.581. The average Bonchev–Trinajstić information content (AvgIpc) is 2.73. The van der Waals surface area contributed by atoms with Crippen LogP contribution >= 0.6 is 0 Å². The summed E-state index contributed by atoms with van der Waals surface area (Å²) in [5.41, 5.74) is 1.28. The Morgan fingerprint density at radius 2 is 1.37 bits per heavy atom. The second-order valence-electron chi connectivity index (χ2n) is 7.52. The van der Waals surface area contributed by atoms with Crippen molar-refractivity contribution >= 4 is 23.2 Å². The summed E-state index contributed by atoms with van der Waals surface area (Å²) in [6.07, 6.45) is 0. The van der Waals surface area contributed by atoms with Gasteiger partial charge in [0.15, 0.2) is 13.1 Å². The zero-order chi connectivity index (χ0) is 21.5. The van der Waals surface area contributed by atoms with E-state index < -0.39 is 0 Å². The lowest BCUT2D eigenvalue weighted by Crippen LogP contribution is -3.28. The van der Waals surface area contributed by atoms with Gasteiger partial charge in [0, 0.05) is 17.9 Å². The molecular weight excluding hydrogens is 390 g/mol. The molecule has 1 heterocycles. The summed E-state index contributed by atoms with van der Waals surface area (Å²) in [7, 11) is 0. The zero-order valence-electron chi connectivity index (χ0n) is 17.1. The second-order valence-corrected chi connectivity index (χ2v) is 7.52. The fourth-order valence-corrected chi connectivity index (χ4v) is 3.71. The maximum atomic E-state index is 13.1. The Hall–Kier alpha value is -2.84. The molecule has 0 radical (unpaired) electrons. The number of likely N-dealkylation sites (N-methyl/N-ethyl adjacent to an activating group) is 1. The number of carbonyl (C=O) groups excluding carboxylic acids is 2. The van der Waals surface area contributed by atoms with Crippen molar-refractivity contribution in [3.05, 3.63) is 60.2 Å². The summed E-state index contributed by atoms with van der Waals surface area (Å²) in [5.74, 6) is -0.759. The van der Waals surface area contributed by atoms with Crippen LogP contribution in [0.4, 0.5) is 20.2 Å². The van der Waals surface area contributed by atoms with E-state index in [1.54, 1.807) is 17.0 Å². The van der Waals surface area contributed by atoms with Gasteiger partial charge in [-0.05, 0) is 55.5 Å². The number of hydrogen-bond donors (Lipinski definition) is 3. The Labute approximate surface area is 175 Å². The third-order valence-electron chi connectivity index (χ3n) is 5.36. The van der Waals surface area contributed by atoms with Crippen molar-refractivity contribution < 1.29 is 28.2 Å². The minimum absolute atomic E-state index is 0.0108. The van der Waals surface area contributed by atoms with Crippen molar-refractivity contribution in [2.45, 2.75) is 6.92 Å². The first-order valence-electron chi connectivity index (χ1n) is 10.2. The number of quaternary nitrogens is 2. The minimum atomic E-state index is -0.340. The molecule has 3 N–H and O–H groups in total. The van der Waals surface area contributed by atoms with Gasteiger partial charge < -0.3 is 20.0 Å². The van der Waals surface area contributed by atoms with E-state index in [4.69, 9.17) is 0 Å². The molecule has 0 spiro atoms. The van der Waals surface area contributed by atoms with Crippen molar-refractivity contribution in [3.8, 4) is 0 Å². The van der Waals surface area contributed by atoms with Crippen molar-refractivity contribution in [3.63, 3.8) is 0 Å². The number of carbonyl (C=O) groups is 2. The molecule has 1 aliphatic rings. The van der Waals surface area contributed by atoms with E-state index in [0.29, 0.717) is 31.0 Å². The topological polar surface area (TPSA) is 58.3 Å². The lowest BCUT2D eigenvalue weighted by atomic mass is 10.2. The lowest BCUT2D eigenvalue weighted by Gasteiger charge is -2.30. The van der Waals surface area contributed by atoms with Crippen molar-refractivity contribution in [2.75, 3.05) is 56.0 Å². The van der Waals surface area contributed by atoms with Crippen molar-refractivity contribution in [1.82, 2.24) is 0 Å². The lowest BCUT2D eigenvalue weighted by molar-refractivity contribution is -1.00. The molecule has 0 saturated carbocycles. The fraction of sp³-hybridized carbons (Fsp3) is 0.364. The number of halogens is 2. The van der Waals surface area contributed by atoms with E-state index in [-0.39, 0.29) is 23.4 Å². The van der Waals surface area contributed by atoms with E-state index in [2.05, 4.69) is 5.32 Å². The van der Waals surface area contributed by atoms with Gasteiger partial charge in [0.25, 0.3) is 11.8 Å². The van der Waals surface area contributed by atoms with Gasteiger partial charge in [-0.1, -0.05) is 0 Å². The highest BCUT2D eigenvalue weighted by Crippen LogP contribution is 2.14. The van der Waals surface area contributed by atoms with E-state index in [1.165, 1.54) is 41.3 Å². The summed E-state index contributed by atoms with van der Waals surface area (Å²) < 4.78 is 26.1. The summed E-state index contributed by atoms with van der Waals surface area (Å²) in [6.45, 7) is 6.33. The number of nitrogens with one attached hydrogen (secondary N) is 3. The van der Waals surface area contributed by atoms with E-state index in [0.717, 1.165) is 31.1 Å². The molecule has 2 aromatic carbocycles. The molecule has 2 aromatic rings. The molecular formula is C22H28F2N4O2+2. The first-order chi connectivity index (χ1) is 14.4. The second kappa shape index (κ2) is 10.3. The highest BCUT2D eigenvalue weighted by Gasteiger charge is 2.28. The van der Waals surface area contributed by atoms with Crippen LogP contribution in [-0.2, 0) is 9.59 Å². The predicted octanol–water partition coefficient (Wildman–Crippen LogP) is -0.260. The van der Waals surface area contributed by atoms with Crippen LogP contribution in [0.15, 0.2) is 48.5 Å². The normalized spacial score (nSPS) is 18.6. The molecule has 8 heteroatoms. The molecule has 2 amide bonds. The number of nitrogens with zero attached hydrogens (tertiary/aromatic N) is 1. The van der Waals surface area contributed by atoms with Crippen molar-refractivity contribution in [1.29, 1.82) is 0 Å². The number of anilines is 2. The van der Waals surface area contributed by atoms with Crippen molar-refractivity contribution in [2.24, 2.45) is 0 Å². The van der Waals surface area contributed by atoms with Crippen LogP contribution in [-0.4, -0.2) is 57.6 Å². The molecule has 0 unspecified atom stereocenters. The van der Waals surface area contributed by atoms with Gasteiger partial charge in [-0.15, -0.1) is 0 Å². The smallest absolute Gasteiger partial charge is 0.282 e. The van der Waals surface area contributed by atoms with Crippen LogP contribution in [0, 0.1) is 11.6 Å². The maximum Gasteiger partial charge on any atom is 0.282 e. The average molecular weight is 418 g/mol. The number of rotatable bonds is 7. The Morgan fingerprint density at radius 3 is 1.90 bits per heavy atom. The standard InChI is InChI=1S/C22H26F2N4O2/c1-2-28(20-9-5-18(24)6-10-20)22(30)16-27-13-11-26(12-14-27)15-21(29)25-19-7-3-17(23)4-8-19/h3-10H,2,11-16H2,1H3,(H,25,29)/p+2. The van der Waals surface area contributed by atoms with Gasteiger partial charge in [-0.3, -0.25) is 9.59 Å². The number of amides is 2. The van der Waals surface area contributed by atoms with Gasteiger partial charge in [0.1, 0.15) is 37.8 Å². The predicted molar refractivity (Wildman–Crippen MR) is 111 cm³/mol. The molecule has 0 aliphatic carbocycles. The van der Waals surface area contributed by atoms with E-state index in [1.807, 2.05) is 6.92 Å². The molecule has 0 bridgehead atoms. The highest BCUT2D eigenvalue weighted by atomic mass is 19.1. The molecule has 30 heavy (non-hydrogen) atoms. The molecule has 0 atom stereocenters. The Balaban J connectivity index is 1.44. The molecule has 0 aromatic heterocycles. The SMILES string of the molecule is CCN(C(=O)C[NH+]1CC[NH+](CC(=O)Nc2ccc(F)cc2)CC1)c1ccc(F)cc1. The molecule has 6 nitrogen and oxygen atoms in total. The molecule has 3 rings (SSSR count). The van der Waals surface area contributed by atoms with Gasteiger partial charge in [-0.25, -0.2) is 8.78 Å². The Morgan fingerprint density at radius 1 is 0.867 bits per heavy atom. The third kappa shape index (κ3) is 6.08. The van der Waals surface area contributed by atoms with Gasteiger partial charge >= 0.3 is 0 Å². The minimum Gasteiger partial charge on any atom is -0.321 e. The molecule has 1 aliphatic heterocycles. The van der Waals surface area contributed by atoms with Gasteiger partial charge in [0.05, 0.1) is 0 Å². The van der Waals surface area contributed by atoms with Crippen LogP contribution in [0.2, 0.25) is 0 Å². The third-order valence-corrected chi connectivity index (χ3v) is 5.36. The maximum absolute atomic E-state index is 13.1. The number of piperazine rings is 1. The van der Waals surface area contributed by atoms with Gasteiger partial charge in [0.2, 0.25) is 0 Å². The van der Waals surface area contributed by atoms with Crippen LogP contribution in [0.25, 0.3) is 0 Å². The summed E-state index contributed by atoms with van der Waals surface area (Å²) in [6, 6.07) is 11.7. The molecule has 160 valence electrons. The molecule has 1 saturated heterocycles. The highest BCUT2D eigenvalue weighted by molar-refractivity contribution is 5.94.